The molecule has 25 heavy (non-hydrogen) atoms. The van der Waals surface area contributed by atoms with Crippen molar-refractivity contribution in [2.24, 2.45) is 0 Å². The van der Waals surface area contributed by atoms with Crippen LogP contribution in [0.4, 0.5) is 10.5 Å². The van der Waals surface area contributed by atoms with Crippen LogP contribution in [0.1, 0.15) is 5.69 Å². The second-order valence-electron chi connectivity index (χ2n) is 5.60. The van der Waals surface area contributed by atoms with Crippen molar-refractivity contribution in [1.82, 2.24) is 9.88 Å². The quantitative estimate of drug-likeness (QED) is 0.590. The fourth-order valence-corrected chi connectivity index (χ4v) is 2.83. The van der Waals surface area contributed by atoms with E-state index in [0.29, 0.717) is 5.69 Å². The Kier molecular flexibility index (Phi) is 3.67. The third-order valence-electron chi connectivity index (χ3n) is 4.00. The second-order valence-corrected chi connectivity index (χ2v) is 5.60. The van der Waals surface area contributed by atoms with Crippen molar-refractivity contribution in [3.8, 4) is 5.69 Å². The Labute approximate surface area is 144 Å². The lowest BCUT2D eigenvalue weighted by Gasteiger charge is -2.11. The van der Waals surface area contributed by atoms with Crippen molar-refractivity contribution in [3.63, 3.8) is 0 Å². The number of amides is 3. The van der Waals surface area contributed by atoms with Gasteiger partial charge in [0.1, 0.15) is 5.70 Å². The Bertz CT molecular complexity index is 959. The standard InChI is InChI=1S/C20H15N3O2/c24-19-18(21-20(25)23(19)16-10-5-2-6-11-16)14-17-12-7-13-22(17)15-8-3-1-4-9-15/h1-14H,(H,21,25)/b18-14+. The molecule has 0 radical (unpaired) electrons. The number of hydrogen-bond donors (Lipinski definition) is 1. The van der Waals surface area contributed by atoms with Crippen LogP contribution < -0.4 is 10.2 Å². The maximum Gasteiger partial charge on any atom is 0.333 e. The van der Waals surface area contributed by atoms with Gasteiger partial charge in [0, 0.05) is 17.6 Å². The average Bonchev–Trinajstić information content (AvgIpc) is 3.21. The number of carbonyl (C=O) groups excluding carboxylic acids is 2. The van der Waals surface area contributed by atoms with Gasteiger partial charge in [-0.05, 0) is 42.5 Å². The number of rotatable bonds is 3. The summed E-state index contributed by atoms with van der Waals surface area (Å²) in [5, 5.41) is 2.65. The van der Waals surface area contributed by atoms with Gasteiger partial charge in [0.05, 0.1) is 5.69 Å². The minimum atomic E-state index is -0.444. The Hall–Kier alpha value is -3.60. The van der Waals surface area contributed by atoms with E-state index in [1.165, 1.54) is 0 Å². The fraction of sp³-hybridized carbons (Fsp3) is 0. The topological polar surface area (TPSA) is 54.3 Å². The van der Waals surface area contributed by atoms with Gasteiger partial charge >= 0.3 is 6.03 Å². The second kappa shape index (κ2) is 6.13. The summed E-state index contributed by atoms with van der Waals surface area (Å²) >= 11 is 0. The highest BCUT2D eigenvalue weighted by Gasteiger charge is 2.34. The van der Waals surface area contributed by atoms with Crippen molar-refractivity contribution in [1.29, 1.82) is 0 Å². The normalized spacial score (nSPS) is 15.7. The molecule has 5 nitrogen and oxygen atoms in total. The molecule has 0 atom stereocenters. The summed E-state index contributed by atoms with van der Waals surface area (Å²) in [4.78, 5) is 26.0. The molecule has 122 valence electrons. The van der Waals surface area contributed by atoms with E-state index in [2.05, 4.69) is 5.32 Å². The molecule has 0 unspecified atom stereocenters. The van der Waals surface area contributed by atoms with E-state index in [1.54, 1.807) is 30.3 Å². The van der Waals surface area contributed by atoms with Crippen LogP contribution in [0.3, 0.4) is 0 Å². The molecule has 5 heteroatoms. The maximum atomic E-state index is 12.7. The van der Waals surface area contributed by atoms with E-state index in [0.717, 1.165) is 16.3 Å². The summed E-state index contributed by atoms with van der Waals surface area (Å²) in [6.45, 7) is 0. The summed E-state index contributed by atoms with van der Waals surface area (Å²) in [7, 11) is 0. The Balaban J connectivity index is 1.69. The molecule has 2 heterocycles. The van der Waals surface area contributed by atoms with Gasteiger partial charge in [-0.3, -0.25) is 4.79 Å². The van der Waals surface area contributed by atoms with E-state index in [-0.39, 0.29) is 11.6 Å². The van der Waals surface area contributed by atoms with Gasteiger partial charge in [0.15, 0.2) is 0 Å². The van der Waals surface area contributed by atoms with Crippen LogP contribution in [0.15, 0.2) is 84.7 Å². The van der Waals surface area contributed by atoms with Gasteiger partial charge in [0.25, 0.3) is 5.91 Å². The van der Waals surface area contributed by atoms with Crippen LogP contribution in [0.5, 0.6) is 0 Å². The lowest BCUT2D eigenvalue weighted by molar-refractivity contribution is -0.113. The minimum Gasteiger partial charge on any atom is -0.317 e. The van der Waals surface area contributed by atoms with Gasteiger partial charge in [-0.2, -0.15) is 0 Å². The summed E-state index contributed by atoms with van der Waals surface area (Å²) in [6.07, 6.45) is 3.61. The van der Waals surface area contributed by atoms with Crippen LogP contribution in [0, 0.1) is 0 Å². The van der Waals surface area contributed by atoms with Crippen LogP contribution in [0.25, 0.3) is 11.8 Å². The highest BCUT2D eigenvalue weighted by atomic mass is 16.2. The Morgan fingerprint density at radius 1 is 0.760 bits per heavy atom. The predicted octanol–water partition coefficient (Wildman–Crippen LogP) is 3.57. The predicted molar refractivity (Wildman–Crippen MR) is 96.2 cm³/mol. The lowest BCUT2D eigenvalue weighted by Crippen LogP contribution is -2.30. The molecule has 1 aliphatic rings. The summed E-state index contributed by atoms with van der Waals surface area (Å²) < 4.78 is 1.96. The zero-order chi connectivity index (χ0) is 17.2. The van der Waals surface area contributed by atoms with E-state index >= 15 is 0 Å². The molecular weight excluding hydrogens is 314 g/mol. The molecule has 3 aromatic rings. The van der Waals surface area contributed by atoms with Crippen molar-refractivity contribution in [2.45, 2.75) is 0 Å². The van der Waals surface area contributed by atoms with E-state index in [4.69, 9.17) is 0 Å². The SMILES string of the molecule is O=C1N/C(=C/c2cccn2-c2ccccc2)C(=O)N1c1ccccc1. The van der Waals surface area contributed by atoms with Gasteiger partial charge in [-0.25, -0.2) is 9.69 Å². The molecule has 1 saturated heterocycles. The first kappa shape index (κ1) is 15.0. The number of anilines is 1. The molecule has 0 aliphatic carbocycles. The summed E-state index contributed by atoms with van der Waals surface area (Å²) in [5.74, 6) is -0.364. The van der Waals surface area contributed by atoms with E-state index < -0.39 is 6.03 Å². The van der Waals surface area contributed by atoms with Crippen LogP contribution in [-0.2, 0) is 4.79 Å². The summed E-state index contributed by atoms with van der Waals surface area (Å²) in [5.41, 5.74) is 2.59. The van der Waals surface area contributed by atoms with E-state index in [9.17, 15) is 9.59 Å². The van der Waals surface area contributed by atoms with Crippen LogP contribution >= 0.6 is 0 Å². The minimum absolute atomic E-state index is 0.254. The van der Waals surface area contributed by atoms with Gasteiger partial charge in [0.2, 0.25) is 0 Å². The fourth-order valence-electron chi connectivity index (χ4n) is 2.83. The smallest absolute Gasteiger partial charge is 0.317 e. The molecule has 4 rings (SSSR count). The lowest BCUT2D eigenvalue weighted by atomic mass is 10.2. The Morgan fingerprint density at radius 2 is 1.40 bits per heavy atom. The van der Waals surface area contributed by atoms with Crippen LogP contribution in [-0.4, -0.2) is 16.5 Å². The number of aromatic nitrogens is 1. The molecule has 3 amide bonds. The Morgan fingerprint density at radius 3 is 2.08 bits per heavy atom. The number of carbonyl (C=O) groups is 2. The highest BCUT2D eigenvalue weighted by Crippen LogP contribution is 2.22. The molecule has 1 aliphatic heterocycles. The number of para-hydroxylation sites is 2. The number of hydrogen-bond acceptors (Lipinski definition) is 2. The molecule has 1 aromatic heterocycles. The van der Waals surface area contributed by atoms with Crippen LogP contribution in [0.2, 0.25) is 0 Å². The van der Waals surface area contributed by atoms with Crippen molar-refractivity contribution in [2.75, 3.05) is 4.90 Å². The molecular formula is C20H15N3O2. The molecule has 1 N–H and O–H groups in total. The van der Waals surface area contributed by atoms with Gasteiger partial charge in [-0.1, -0.05) is 36.4 Å². The third-order valence-corrected chi connectivity index (χ3v) is 4.00. The summed E-state index contributed by atoms with van der Waals surface area (Å²) in [6, 6.07) is 22.0. The monoisotopic (exact) mass is 329 g/mol. The van der Waals surface area contributed by atoms with Gasteiger partial charge in [-0.15, -0.1) is 0 Å². The number of nitrogens with one attached hydrogen (secondary N) is 1. The molecule has 0 saturated carbocycles. The number of imide groups is 1. The van der Waals surface area contributed by atoms with Crippen molar-refractivity contribution in [3.05, 3.63) is 90.4 Å². The molecule has 1 fully saturated rings. The van der Waals surface area contributed by atoms with E-state index in [1.807, 2.05) is 59.3 Å². The number of nitrogens with zero attached hydrogens (tertiary/aromatic N) is 2. The molecule has 0 bridgehead atoms. The van der Waals surface area contributed by atoms with Gasteiger partial charge < -0.3 is 9.88 Å². The first-order chi connectivity index (χ1) is 12.2. The van der Waals surface area contributed by atoms with Crippen molar-refractivity contribution >= 4 is 23.7 Å². The number of urea groups is 1. The number of benzene rings is 2. The van der Waals surface area contributed by atoms with Crippen molar-refractivity contribution < 1.29 is 9.59 Å². The highest BCUT2D eigenvalue weighted by molar-refractivity contribution is 6.28. The zero-order valence-corrected chi connectivity index (χ0v) is 13.3. The molecule has 2 aromatic carbocycles. The largest absolute Gasteiger partial charge is 0.333 e. The molecule has 0 spiro atoms. The first-order valence-corrected chi connectivity index (χ1v) is 7.89. The third kappa shape index (κ3) is 2.72. The first-order valence-electron chi connectivity index (χ1n) is 7.89. The average molecular weight is 329 g/mol. The maximum absolute atomic E-state index is 12.7. The zero-order valence-electron chi connectivity index (χ0n) is 13.3.